The Hall–Kier alpha value is -1.58. The molecule has 1 aromatic rings. The van der Waals surface area contributed by atoms with Gasteiger partial charge in [-0.1, -0.05) is 19.3 Å². The standard InChI is InChI=1S/C11H14N2O3S/c1-3-5-9(4-2)13-17(15,16)11-8-12-7-6-10(11)14/h2,6-9,13H,3,5H2,1H3,(H,12,14). The van der Waals surface area contributed by atoms with Crippen molar-refractivity contribution in [1.82, 2.24) is 9.71 Å². The van der Waals surface area contributed by atoms with E-state index in [2.05, 4.69) is 15.6 Å². The SMILES string of the molecule is C#CC(CCC)NS(=O)(=O)c1c[nH]ccc1=O. The highest BCUT2D eigenvalue weighted by Gasteiger charge is 2.20. The van der Waals surface area contributed by atoms with Crippen molar-refractivity contribution in [2.24, 2.45) is 0 Å². The highest BCUT2D eigenvalue weighted by atomic mass is 32.2. The fourth-order valence-corrected chi connectivity index (χ4v) is 2.57. The van der Waals surface area contributed by atoms with E-state index in [0.29, 0.717) is 6.42 Å². The largest absolute Gasteiger partial charge is 0.366 e. The lowest BCUT2D eigenvalue weighted by atomic mass is 10.2. The van der Waals surface area contributed by atoms with Gasteiger partial charge in [-0.3, -0.25) is 4.79 Å². The molecule has 0 aromatic carbocycles. The molecule has 0 aliphatic heterocycles. The van der Waals surface area contributed by atoms with Crippen LogP contribution in [0.25, 0.3) is 0 Å². The van der Waals surface area contributed by atoms with Crippen molar-refractivity contribution in [3.8, 4) is 12.3 Å². The number of aromatic nitrogens is 1. The number of sulfonamides is 1. The summed E-state index contributed by atoms with van der Waals surface area (Å²) in [5.41, 5.74) is -0.566. The third-order valence-corrected chi connectivity index (χ3v) is 3.65. The third-order valence-electron chi connectivity index (χ3n) is 2.15. The second-order valence-corrected chi connectivity index (χ2v) is 5.18. The Morgan fingerprint density at radius 3 is 2.82 bits per heavy atom. The smallest absolute Gasteiger partial charge is 0.247 e. The quantitative estimate of drug-likeness (QED) is 0.749. The van der Waals surface area contributed by atoms with Gasteiger partial charge in [0.05, 0.1) is 6.04 Å². The minimum Gasteiger partial charge on any atom is -0.366 e. The fraction of sp³-hybridized carbons (Fsp3) is 0.364. The number of H-pyrrole nitrogens is 1. The predicted octanol–water partition coefficient (Wildman–Crippen LogP) is 0.455. The highest BCUT2D eigenvalue weighted by molar-refractivity contribution is 7.89. The summed E-state index contributed by atoms with van der Waals surface area (Å²) in [6.07, 6.45) is 9.01. The van der Waals surface area contributed by atoms with Gasteiger partial charge in [-0.25, -0.2) is 8.42 Å². The molecule has 17 heavy (non-hydrogen) atoms. The van der Waals surface area contributed by atoms with Crippen molar-refractivity contribution in [3.05, 3.63) is 28.7 Å². The van der Waals surface area contributed by atoms with Crippen LogP contribution in [0.3, 0.4) is 0 Å². The Labute approximate surface area is 100 Å². The summed E-state index contributed by atoms with van der Waals surface area (Å²) in [4.78, 5) is 13.6. The number of pyridine rings is 1. The minimum atomic E-state index is -3.86. The Morgan fingerprint density at radius 1 is 1.59 bits per heavy atom. The average Bonchev–Trinajstić information content (AvgIpc) is 2.28. The lowest BCUT2D eigenvalue weighted by Crippen LogP contribution is -2.36. The fourth-order valence-electron chi connectivity index (χ4n) is 1.33. The first kappa shape index (κ1) is 13.5. The molecule has 0 radical (unpaired) electrons. The summed E-state index contributed by atoms with van der Waals surface area (Å²) < 4.78 is 26.1. The van der Waals surface area contributed by atoms with Crippen LogP contribution < -0.4 is 10.2 Å². The Bertz CT molecular complexity index is 569. The van der Waals surface area contributed by atoms with E-state index in [4.69, 9.17) is 6.42 Å². The van der Waals surface area contributed by atoms with Crippen molar-refractivity contribution < 1.29 is 8.42 Å². The maximum atomic E-state index is 11.9. The van der Waals surface area contributed by atoms with Gasteiger partial charge in [0.25, 0.3) is 0 Å². The molecule has 0 saturated heterocycles. The molecule has 0 amide bonds. The molecule has 1 aromatic heterocycles. The Kier molecular flexibility index (Phi) is 4.49. The molecular formula is C11H14N2O3S. The number of terminal acetylenes is 1. The van der Waals surface area contributed by atoms with Crippen molar-refractivity contribution in [2.75, 3.05) is 0 Å². The molecule has 1 rings (SSSR count). The molecule has 5 nitrogen and oxygen atoms in total. The maximum Gasteiger partial charge on any atom is 0.247 e. The van der Waals surface area contributed by atoms with E-state index in [0.717, 1.165) is 18.7 Å². The van der Waals surface area contributed by atoms with Crippen LogP contribution in [-0.4, -0.2) is 19.4 Å². The van der Waals surface area contributed by atoms with Crippen LogP contribution >= 0.6 is 0 Å². The maximum absolute atomic E-state index is 11.9. The summed E-state index contributed by atoms with van der Waals surface area (Å²) in [6.45, 7) is 1.90. The molecule has 0 fully saturated rings. The van der Waals surface area contributed by atoms with Gasteiger partial charge in [0.2, 0.25) is 15.5 Å². The first-order chi connectivity index (χ1) is 8.01. The van der Waals surface area contributed by atoms with E-state index in [9.17, 15) is 13.2 Å². The van der Waals surface area contributed by atoms with E-state index in [1.165, 1.54) is 6.20 Å². The Balaban J connectivity index is 3.02. The molecular weight excluding hydrogens is 240 g/mol. The van der Waals surface area contributed by atoms with E-state index in [1.54, 1.807) is 0 Å². The number of hydrogen-bond acceptors (Lipinski definition) is 3. The number of aromatic amines is 1. The van der Waals surface area contributed by atoms with Gasteiger partial charge in [0.1, 0.15) is 4.90 Å². The van der Waals surface area contributed by atoms with Gasteiger partial charge in [0.15, 0.2) is 0 Å². The minimum absolute atomic E-state index is 0.323. The van der Waals surface area contributed by atoms with Gasteiger partial charge in [-0.2, -0.15) is 4.72 Å². The topological polar surface area (TPSA) is 79.0 Å². The van der Waals surface area contributed by atoms with Crippen LogP contribution in [0.15, 0.2) is 28.2 Å². The van der Waals surface area contributed by atoms with Crippen LogP contribution in [0, 0.1) is 12.3 Å². The molecule has 92 valence electrons. The van der Waals surface area contributed by atoms with Gasteiger partial charge >= 0.3 is 0 Å². The van der Waals surface area contributed by atoms with E-state index in [-0.39, 0.29) is 4.90 Å². The second-order valence-electron chi connectivity index (χ2n) is 3.50. The third kappa shape index (κ3) is 3.44. The van der Waals surface area contributed by atoms with Crippen LogP contribution in [-0.2, 0) is 10.0 Å². The van der Waals surface area contributed by atoms with E-state index in [1.807, 2.05) is 6.92 Å². The summed E-state index contributed by atoms with van der Waals surface area (Å²) in [5.74, 6) is 2.35. The van der Waals surface area contributed by atoms with Crippen molar-refractivity contribution >= 4 is 10.0 Å². The van der Waals surface area contributed by atoms with Crippen LogP contribution in [0.1, 0.15) is 19.8 Å². The lowest BCUT2D eigenvalue weighted by Gasteiger charge is -2.11. The molecule has 1 atom stereocenters. The molecule has 0 saturated carbocycles. The van der Waals surface area contributed by atoms with Crippen LogP contribution in [0.2, 0.25) is 0 Å². The normalized spacial score (nSPS) is 12.9. The molecule has 6 heteroatoms. The summed E-state index contributed by atoms with van der Waals surface area (Å²) in [6, 6.07) is 0.559. The summed E-state index contributed by atoms with van der Waals surface area (Å²) in [5, 5.41) is 0. The summed E-state index contributed by atoms with van der Waals surface area (Å²) in [7, 11) is -3.86. The zero-order valence-electron chi connectivity index (χ0n) is 9.43. The van der Waals surface area contributed by atoms with E-state index < -0.39 is 21.5 Å². The van der Waals surface area contributed by atoms with Gasteiger partial charge in [-0.15, -0.1) is 6.42 Å². The van der Waals surface area contributed by atoms with E-state index >= 15 is 0 Å². The number of nitrogens with one attached hydrogen (secondary N) is 2. The van der Waals surface area contributed by atoms with Crippen LogP contribution in [0.5, 0.6) is 0 Å². The predicted molar refractivity (Wildman–Crippen MR) is 64.9 cm³/mol. The molecule has 1 unspecified atom stereocenters. The zero-order valence-corrected chi connectivity index (χ0v) is 10.3. The second kappa shape index (κ2) is 5.66. The first-order valence-corrected chi connectivity index (χ1v) is 6.65. The lowest BCUT2D eigenvalue weighted by molar-refractivity contribution is 0.563. The number of rotatable bonds is 5. The van der Waals surface area contributed by atoms with Crippen LogP contribution in [0.4, 0.5) is 0 Å². The van der Waals surface area contributed by atoms with Gasteiger partial charge < -0.3 is 4.98 Å². The van der Waals surface area contributed by atoms with Gasteiger partial charge in [0, 0.05) is 18.5 Å². The molecule has 0 spiro atoms. The monoisotopic (exact) mass is 254 g/mol. The first-order valence-electron chi connectivity index (χ1n) is 5.17. The molecule has 2 N–H and O–H groups in total. The van der Waals surface area contributed by atoms with Crippen molar-refractivity contribution in [3.63, 3.8) is 0 Å². The molecule has 0 bridgehead atoms. The van der Waals surface area contributed by atoms with Gasteiger partial charge in [-0.05, 0) is 6.42 Å². The average molecular weight is 254 g/mol. The molecule has 0 aliphatic rings. The molecule has 0 aliphatic carbocycles. The highest BCUT2D eigenvalue weighted by Crippen LogP contribution is 2.04. The number of hydrogen-bond donors (Lipinski definition) is 2. The van der Waals surface area contributed by atoms with Crippen molar-refractivity contribution in [2.45, 2.75) is 30.7 Å². The molecule has 1 heterocycles. The zero-order chi connectivity index (χ0) is 12.9. The Morgan fingerprint density at radius 2 is 2.29 bits per heavy atom. The summed E-state index contributed by atoms with van der Waals surface area (Å²) >= 11 is 0. The van der Waals surface area contributed by atoms with Crippen molar-refractivity contribution in [1.29, 1.82) is 0 Å².